The summed E-state index contributed by atoms with van der Waals surface area (Å²) in [5, 5.41) is 0. The molecular weight excluding hydrogens is 136 g/mol. The SMILES string of the molecule is CC1(C)C[C]=C2C=COC=C21. The van der Waals surface area contributed by atoms with Crippen molar-refractivity contribution in [2.75, 3.05) is 0 Å². The minimum Gasteiger partial charge on any atom is -0.472 e. The zero-order chi connectivity index (χ0) is 7.90. The van der Waals surface area contributed by atoms with Crippen molar-refractivity contribution in [2.45, 2.75) is 20.3 Å². The van der Waals surface area contributed by atoms with Gasteiger partial charge < -0.3 is 4.74 Å². The third kappa shape index (κ3) is 0.917. The van der Waals surface area contributed by atoms with E-state index in [0.29, 0.717) is 0 Å². The second-order valence-electron chi connectivity index (χ2n) is 3.62. The first kappa shape index (κ1) is 6.71. The van der Waals surface area contributed by atoms with Gasteiger partial charge in [0.1, 0.15) is 0 Å². The van der Waals surface area contributed by atoms with Crippen LogP contribution in [0.25, 0.3) is 0 Å². The van der Waals surface area contributed by atoms with E-state index in [1.807, 2.05) is 12.3 Å². The van der Waals surface area contributed by atoms with Crippen molar-refractivity contribution in [1.82, 2.24) is 0 Å². The van der Waals surface area contributed by atoms with Crippen LogP contribution in [0.2, 0.25) is 0 Å². The quantitative estimate of drug-likeness (QED) is 0.511. The van der Waals surface area contributed by atoms with Crippen molar-refractivity contribution in [3.8, 4) is 0 Å². The minimum atomic E-state index is 0.222. The molecule has 1 aliphatic heterocycles. The molecule has 1 nitrogen and oxygen atoms in total. The highest BCUT2D eigenvalue weighted by Gasteiger charge is 2.31. The number of hydrogen-bond donors (Lipinski definition) is 0. The summed E-state index contributed by atoms with van der Waals surface area (Å²) in [5.41, 5.74) is 2.71. The van der Waals surface area contributed by atoms with E-state index < -0.39 is 0 Å². The van der Waals surface area contributed by atoms with Crippen LogP contribution in [0.1, 0.15) is 20.3 Å². The molecule has 57 valence electrons. The number of hydrogen-bond acceptors (Lipinski definition) is 1. The van der Waals surface area contributed by atoms with E-state index in [2.05, 4.69) is 19.9 Å². The molecule has 1 heteroatoms. The Morgan fingerprint density at radius 1 is 1.55 bits per heavy atom. The normalized spacial score (nSPS) is 25.3. The molecule has 1 heterocycles. The highest BCUT2D eigenvalue weighted by Crippen LogP contribution is 2.42. The summed E-state index contributed by atoms with van der Waals surface area (Å²) in [6.07, 6.45) is 9.84. The van der Waals surface area contributed by atoms with E-state index in [0.717, 1.165) is 6.42 Å². The van der Waals surface area contributed by atoms with E-state index in [9.17, 15) is 0 Å². The third-order valence-electron chi connectivity index (χ3n) is 2.24. The number of fused-ring (bicyclic) bond motifs is 1. The second-order valence-corrected chi connectivity index (χ2v) is 3.62. The first-order valence-corrected chi connectivity index (χ1v) is 3.84. The summed E-state index contributed by atoms with van der Waals surface area (Å²) in [4.78, 5) is 0. The van der Waals surface area contributed by atoms with Crippen LogP contribution in [0.5, 0.6) is 0 Å². The molecule has 0 bridgehead atoms. The Kier molecular flexibility index (Phi) is 1.22. The molecule has 0 N–H and O–H groups in total. The smallest absolute Gasteiger partial charge is 0.0945 e. The van der Waals surface area contributed by atoms with Crippen LogP contribution in [-0.4, -0.2) is 0 Å². The molecule has 0 unspecified atom stereocenters. The maximum Gasteiger partial charge on any atom is 0.0945 e. The zero-order valence-corrected chi connectivity index (χ0v) is 6.85. The van der Waals surface area contributed by atoms with Gasteiger partial charge in [-0.2, -0.15) is 0 Å². The molecule has 0 aromatic carbocycles. The Morgan fingerprint density at radius 2 is 2.36 bits per heavy atom. The Morgan fingerprint density at radius 3 is 3.09 bits per heavy atom. The number of allylic oxidation sites excluding steroid dienone is 4. The fourth-order valence-electron chi connectivity index (χ4n) is 1.46. The molecule has 11 heavy (non-hydrogen) atoms. The van der Waals surface area contributed by atoms with Crippen LogP contribution < -0.4 is 0 Å². The molecule has 1 aliphatic carbocycles. The zero-order valence-electron chi connectivity index (χ0n) is 6.85. The molecule has 2 aliphatic rings. The molecule has 0 saturated heterocycles. The average molecular weight is 147 g/mol. The summed E-state index contributed by atoms with van der Waals surface area (Å²) in [7, 11) is 0. The van der Waals surface area contributed by atoms with Crippen molar-refractivity contribution in [1.29, 1.82) is 0 Å². The van der Waals surface area contributed by atoms with Gasteiger partial charge in [0.05, 0.1) is 12.5 Å². The first-order chi connectivity index (χ1) is 5.20. The lowest BCUT2D eigenvalue weighted by molar-refractivity contribution is 0.369. The van der Waals surface area contributed by atoms with Gasteiger partial charge in [0.2, 0.25) is 0 Å². The van der Waals surface area contributed by atoms with E-state index in [1.54, 1.807) is 6.26 Å². The van der Waals surface area contributed by atoms with Crippen molar-refractivity contribution in [2.24, 2.45) is 5.41 Å². The van der Waals surface area contributed by atoms with Crippen molar-refractivity contribution in [3.05, 3.63) is 35.8 Å². The molecule has 0 fully saturated rings. The van der Waals surface area contributed by atoms with Crippen LogP contribution in [0, 0.1) is 11.5 Å². The molecule has 0 aromatic heterocycles. The molecule has 2 rings (SSSR count). The molecule has 0 amide bonds. The monoisotopic (exact) mass is 147 g/mol. The number of ether oxygens (including phenoxy) is 1. The Hall–Kier alpha value is -0.980. The third-order valence-corrected chi connectivity index (χ3v) is 2.24. The predicted octanol–water partition coefficient (Wildman–Crippen LogP) is 2.57. The molecule has 0 spiro atoms. The van der Waals surface area contributed by atoms with Crippen LogP contribution in [-0.2, 0) is 4.74 Å². The van der Waals surface area contributed by atoms with Gasteiger partial charge in [0, 0.05) is 5.57 Å². The van der Waals surface area contributed by atoms with Crippen LogP contribution in [0.15, 0.2) is 29.7 Å². The van der Waals surface area contributed by atoms with E-state index in [4.69, 9.17) is 4.74 Å². The fraction of sp³-hybridized carbons (Fsp3) is 0.400. The molecule has 1 radical (unpaired) electrons. The topological polar surface area (TPSA) is 9.23 Å². The summed E-state index contributed by atoms with van der Waals surface area (Å²) in [6.45, 7) is 4.42. The first-order valence-electron chi connectivity index (χ1n) is 3.84. The van der Waals surface area contributed by atoms with Gasteiger partial charge >= 0.3 is 0 Å². The van der Waals surface area contributed by atoms with Gasteiger partial charge in [0.25, 0.3) is 0 Å². The molecule has 0 saturated carbocycles. The van der Waals surface area contributed by atoms with E-state index in [1.165, 1.54) is 11.1 Å². The van der Waals surface area contributed by atoms with E-state index >= 15 is 0 Å². The highest BCUT2D eigenvalue weighted by atomic mass is 16.5. The Bertz CT molecular complexity index is 267. The minimum absolute atomic E-state index is 0.222. The van der Waals surface area contributed by atoms with Gasteiger partial charge in [-0.25, -0.2) is 0 Å². The van der Waals surface area contributed by atoms with E-state index in [-0.39, 0.29) is 5.41 Å². The fourth-order valence-corrected chi connectivity index (χ4v) is 1.46. The summed E-state index contributed by atoms with van der Waals surface area (Å²) >= 11 is 0. The van der Waals surface area contributed by atoms with Crippen molar-refractivity contribution >= 4 is 0 Å². The van der Waals surface area contributed by atoms with Gasteiger partial charge in [-0.15, -0.1) is 0 Å². The lowest BCUT2D eigenvalue weighted by Gasteiger charge is -2.21. The maximum atomic E-state index is 5.12. The molecule has 0 atom stereocenters. The Balaban J connectivity index is 2.40. The molecule has 0 aromatic rings. The standard InChI is InChI=1S/C10H11O/c1-10(2)5-3-8-4-6-11-7-9(8)10/h4,6-7H,5H2,1-2H3. The summed E-state index contributed by atoms with van der Waals surface area (Å²) < 4.78 is 5.12. The van der Waals surface area contributed by atoms with Crippen LogP contribution >= 0.6 is 0 Å². The van der Waals surface area contributed by atoms with Crippen molar-refractivity contribution < 1.29 is 4.74 Å². The van der Waals surface area contributed by atoms with Gasteiger partial charge in [0.15, 0.2) is 0 Å². The van der Waals surface area contributed by atoms with Crippen molar-refractivity contribution in [3.63, 3.8) is 0 Å². The van der Waals surface area contributed by atoms with Gasteiger partial charge in [-0.05, 0) is 29.6 Å². The highest BCUT2D eigenvalue weighted by molar-refractivity contribution is 5.46. The van der Waals surface area contributed by atoms with Gasteiger partial charge in [-0.1, -0.05) is 13.8 Å². The summed E-state index contributed by atoms with van der Waals surface area (Å²) in [5.74, 6) is 0. The predicted molar refractivity (Wildman–Crippen MR) is 43.5 cm³/mol. The summed E-state index contributed by atoms with van der Waals surface area (Å²) in [6, 6.07) is 0. The maximum absolute atomic E-state index is 5.12. The van der Waals surface area contributed by atoms with Crippen LogP contribution in [0.4, 0.5) is 0 Å². The molecular formula is C10H11O. The lowest BCUT2D eigenvalue weighted by atomic mass is 9.84. The largest absolute Gasteiger partial charge is 0.472 e. The Labute approximate surface area is 67.1 Å². The number of rotatable bonds is 0. The average Bonchev–Trinajstić information content (AvgIpc) is 2.29. The van der Waals surface area contributed by atoms with Crippen LogP contribution in [0.3, 0.4) is 0 Å². The van der Waals surface area contributed by atoms with Gasteiger partial charge in [-0.3, -0.25) is 0 Å². The second kappa shape index (κ2) is 2.00. The lowest BCUT2D eigenvalue weighted by Crippen LogP contribution is -2.10.